The van der Waals surface area contributed by atoms with Gasteiger partial charge in [-0.25, -0.2) is 0 Å². The number of hydrogen-bond donors (Lipinski definition) is 2. The minimum Gasteiger partial charge on any atom is -0.398 e. The van der Waals surface area contributed by atoms with Crippen molar-refractivity contribution in [2.75, 3.05) is 5.73 Å². The molecule has 116 valence electrons. The molecule has 0 aromatic heterocycles. The maximum Gasteiger partial charge on any atom is 0.294 e. The summed E-state index contributed by atoms with van der Waals surface area (Å²) in [5.41, 5.74) is 9.46. The van der Waals surface area contributed by atoms with Crippen LogP contribution in [-0.2, 0) is 10.1 Å². The highest BCUT2D eigenvalue weighted by molar-refractivity contribution is 7.85. The number of benzene rings is 3. The first-order valence-corrected chi connectivity index (χ1v) is 8.42. The first-order valence-electron chi connectivity index (χ1n) is 6.98. The van der Waals surface area contributed by atoms with Gasteiger partial charge in [0.1, 0.15) is 0 Å². The lowest BCUT2D eigenvalue weighted by molar-refractivity contribution is 0.483. The minimum absolute atomic E-state index is 0.176. The Hall–Kier alpha value is -2.63. The van der Waals surface area contributed by atoms with E-state index in [0.717, 1.165) is 11.1 Å². The minimum atomic E-state index is -4.34. The van der Waals surface area contributed by atoms with Crippen molar-refractivity contribution in [1.82, 2.24) is 0 Å². The average molecular weight is 325 g/mol. The van der Waals surface area contributed by atoms with E-state index in [1.54, 1.807) is 0 Å². The number of anilines is 1. The van der Waals surface area contributed by atoms with Crippen molar-refractivity contribution in [2.24, 2.45) is 0 Å². The Morgan fingerprint density at radius 2 is 1.13 bits per heavy atom. The van der Waals surface area contributed by atoms with Gasteiger partial charge in [0.2, 0.25) is 0 Å². The predicted molar refractivity (Wildman–Crippen MR) is 91.5 cm³/mol. The van der Waals surface area contributed by atoms with Crippen LogP contribution in [0.4, 0.5) is 5.69 Å². The van der Waals surface area contributed by atoms with E-state index < -0.39 is 10.1 Å². The highest BCUT2D eigenvalue weighted by Crippen LogP contribution is 2.37. The van der Waals surface area contributed by atoms with Crippen LogP contribution in [0.2, 0.25) is 0 Å². The molecule has 3 rings (SSSR count). The summed E-state index contributed by atoms with van der Waals surface area (Å²) >= 11 is 0. The first kappa shape index (κ1) is 15.3. The Labute approximate surface area is 135 Å². The number of nitrogen functional groups attached to an aromatic ring is 1. The van der Waals surface area contributed by atoms with Crippen LogP contribution in [0.5, 0.6) is 0 Å². The van der Waals surface area contributed by atoms with E-state index in [0.29, 0.717) is 16.8 Å². The van der Waals surface area contributed by atoms with Crippen molar-refractivity contribution in [2.45, 2.75) is 4.90 Å². The van der Waals surface area contributed by atoms with E-state index in [9.17, 15) is 13.0 Å². The van der Waals surface area contributed by atoms with Gasteiger partial charge in [0.15, 0.2) is 0 Å². The van der Waals surface area contributed by atoms with E-state index in [-0.39, 0.29) is 4.90 Å². The molecule has 0 radical (unpaired) electrons. The van der Waals surface area contributed by atoms with Crippen molar-refractivity contribution in [3.05, 3.63) is 72.8 Å². The van der Waals surface area contributed by atoms with Crippen LogP contribution in [0.3, 0.4) is 0 Å². The van der Waals surface area contributed by atoms with Crippen LogP contribution < -0.4 is 5.73 Å². The van der Waals surface area contributed by atoms with Crippen molar-refractivity contribution >= 4 is 15.8 Å². The summed E-state index contributed by atoms with van der Waals surface area (Å²) in [4.78, 5) is -0.176. The normalized spacial score (nSPS) is 11.3. The third-order valence-corrected chi connectivity index (χ3v) is 4.45. The number of rotatable bonds is 3. The van der Waals surface area contributed by atoms with E-state index in [1.807, 2.05) is 60.7 Å². The van der Waals surface area contributed by atoms with Gasteiger partial charge in [0.05, 0.1) is 4.90 Å². The molecule has 0 aliphatic carbocycles. The van der Waals surface area contributed by atoms with Gasteiger partial charge in [-0.1, -0.05) is 60.7 Å². The lowest BCUT2D eigenvalue weighted by Gasteiger charge is -2.14. The summed E-state index contributed by atoms with van der Waals surface area (Å²) < 4.78 is 32.7. The Morgan fingerprint density at radius 1 is 0.739 bits per heavy atom. The Bertz CT molecular complexity index is 876. The van der Waals surface area contributed by atoms with E-state index in [1.165, 1.54) is 12.1 Å². The second-order valence-electron chi connectivity index (χ2n) is 5.14. The average Bonchev–Trinajstić information content (AvgIpc) is 2.55. The van der Waals surface area contributed by atoms with E-state index in [2.05, 4.69) is 0 Å². The molecule has 0 saturated heterocycles. The lowest BCUT2D eigenvalue weighted by atomic mass is 9.96. The van der Waals surface area contributed by atoms with Gasteiger partial charge in [-0.05, 0) is 23.3 Å². The fourth-order valence-electron chi connectivity index (χ4n) is 2.49. The van der Waals surface area contributed by atoms with Gasteiger partial charge in [-0.3, -0.25) is 4.55 Å². The zero-order chi connectivity index (χ0) is 16.4. The SMILES string of the molecule is Nc1c(-c2ccccc2)cc(S(=O)(=O)O)cc1-c1ccccc1. The van der Waals surface area contributed by atoms with Crippen molar-refractivity contribution < 1.29 is 13.0 Å². The highest BCUT2D eigenvalue weighted by atomic mass is 32.2. The zero-order valence-electron chi connectivity index (χ0n) is 12.2. The largest absolute Gasteiger partial charge is 0.398 e. The molecule has 0 fully saturated rings. The van der Waals surface area contributed by atoms with E-state index >= 15 is 0 Å². The van der Waals surface area contributed by atoms with Crippen LogP contribution in [0.15, 0.2) is 77.7 Å². The summed E-state index contributed by atoms with van der Waals surface area (Å²) in [6, 6.07) is 21.3. The first-order chi connectivity index (χ1) is 11.0. The third-order valence-electron chi connectivity index (χ3n) is 3.62. The molecule has 0 spiro atoms. The number of hydrogen-bond acceptors (Lipinski definition) is 3. The molecule has 0 heterocycles. The van der Waals surface area contributed by atoms with Gasteiger partial charge in [0, 0.05) is 16.8 Å². The maximum absolute atomic E-state index is 11.6. The van der Waals surface area contributed by atoms with Crippen LogP contribution in [0, 0.1) is 0 Å². The monoisotopic (exact) mass is 325 g/mol. The Morgan fingerprint density at radius 3 is 1.48 bits per heavy atom. The summed E-state index contributed by atoms with van der Waals surface area (Å²) in [7, 11) is -4.34. The second-order valence-corrected chi connectivity index (χ2v) is 6.56. The van der Waals surface area contributed by atoms with Crippen molar-refractivity contribution in [3.8, 4) is 22.3 Å². The van der Waals surface area contributed by atoms with Gasteiger partial charge < -0.3 is 5.73 Å². The molecule has 0 saturated carbocycles. The molecule has 3 aromatic rings. The smallest absolute Gasteiger partial charge is 0.294 e. The molecule has 4 nitrogen and oxygen atoms in total. The van der Waals surface area contributed by atoms with Gasteiger partial charge in [-0.2, -0.15) is 8.42 Å². The quantitative estimate of drug-likeness (QED) is 0.566. The molecular weight excluding hydrogens is 310 g/mol. The molecule has 5 heteroatoms. The molecule has 0 aliphatic rings. The molecule has 3 N–H and O–H groups in total. The summed E-state index contributed by atoms with van der Waals surface area (Å²) in [6.07, 6.45) is 0. The van der Waals surface area contributed by atoms with Crippen molar-refractivity contribution in [1.29, 1.82) is 0 Å². The zero-order valence-corrected chi connectivity index (χ0v) is 13.0. The second kappa shape index (κ2) is 5.87. The fraction of sp³-hybridized carbons (Fsp3) is 0. The summed E-state index contributed by atoms with van der Waals surface area (Å²) in [5.74, 6) is 0. The van der Waals surface area contributed by atoms with Gasteiger partial charge in [0.25, 0.3) is 10.1 Å². The maximum atomic E-state index is 11.6. The molecule has 23 heavy (non-hydrogen) atoms. The molecular formula is C18H15NO3S. The van der Waals surface area contributed by atoms with Crippen LogP contribution in [0.25, 0.3) is 22.3 Å². The standard InChI is InChI=1S/C18H15NO3S/c19-18-16(13-7-3-1-4-8-13)11-15(23(20,21)22)12-17(18)14-9-5-2-6-10-14/h1-12H,19H2,(H,20,21,22). The summed E-state index contributed by atoms with van der Waals surface area (Å²) in [6.45, 7) is 0. The van der Waals surface area contributed by atoms with Crippen LogP contribution in [0.1, 0.15) is 0 Å². The molecule has 0 unspecified atom stereocenters. The predicted octanol–water partition coefficient (Wildman–Crippen LogP) is 3.85. The lowest BCUT2D eigenvalue weighted by Crippen LogP contribution is -2.02. The third kappa shape index (κ3) is 3.11. The molecule has 3 aromatic carbocycles. The topological polar surface area (TPSA) is 80.4 Å². The highest BCUT2D eigenvalue weighted by Gasteiger charge is 2.17. The molecule has 0 bridgehead atoms. The molecule has 0 amide bonds. The Balaban J connectivity index is 2.33. The van der Waals surface area contributed by atoms with E-state index in [4.69, 9.17) is 5.73 Å². The summed E-state index contributed by atoms with van der Waals surface area (Å²) in [5, 5.41) is 0. The van der Waals surface area contributed by atoms with Gasteiger partial charge >= 0.3 is 0 Å². The van der Waals surface area contributed by atoms with Crippen molar-refractivity contribution in [3.63, 3.8) is 0 Å². The van der Waals surface area contributed by atoms with Gasteiger partial charge in [-0.15, -0.1) is 0 Å². The van der Waals surface area contributed by atoms with Crippen LogP contribution in [-0.4, -0.2) is 13.0 Å². The molecule has 0 atom stereocenters. The fourth-order valence-corrected chi connectivity index (χ4v) is 3.02. The van der Waals surface area contributed by atoms with Crippen LogP contribution >= 0.6 is 0 Å². The number of nitrogens with two attached hydrogens (primary N) is 1. The molecule has 0 aliphatic heterocycles. The Kier molecular flexibility index (Phi) is 3.90.